The Kier molecular flexibility index (Phi) is 4.55. The van der Waals surface area contributed by atoms with Crippen LogP contribution in [0, 0.1) is 12.7 Å². The second kappa shape index (κ2) is 7.52. The zero-order valence-corrected chi connectivity index (χ0v) is 16.4. The summed E-state index contributed by atoms with van der Waals surface area (Å²) in [5, 5.41) is 8.12. The molecule has 8 nitrogen and oxygen atoms in total. The van der Waals surface area contributed by atoms with Gasteiger partial charge in [0.05, 0.1) is 0 Å². The lowest BCUT2D eigenvalue weighted by Crippen LogP contribution is -2.22. The first-order valence-corrected chi connectivity index (χ1v) is 9.47. The van der Waals surface area contributed by atoms with Crippen LogP contribution in [0.2, 0.25) is 0 Å². The highest BCUT2D eigenvalue weighted by atomic mass is 19.1. The van der Waals surface area contributed by atoms with Crippen LogP contribution in [0.4, 0.5) is 4.39 Å². The fourth-order valence-electron chi connectivity index (χ4n) is 3.19. The number of benzene rings is 2. The molecule has 3 aromatic heterocycles. The number of hydrogen-bond donors (Lipinski definition) is 0. The molecule has 9 heteroatoms. The average Bonchev–Trinajstić information content (AvgIpc) is 3.33. The molecule has 5 rings (SSSR count). The number of nitrogens with zero attached hydrogens (tertiary/aromatic N) is 5. The lowest BCUT2D eigenvalue weighted by molar-refractivity contribution is 0.385. The first-order valence-electron chi connectivity index (χ1n) is 9.47. The third kappa shape index (κ3) is 3.80. The van der Waals surface area contributed by atoms with Gasteiger partial charge in [-0.1, -0.05) is 17.3 Å². The highest BCUT2D eigenvalue weighted by molar-refractivity contribution is 5.65. The van der Waals surface area contributed by atoms with E-state index in [0.29, 0.717) is 28.9 Å². The summed E-state index contributed by atoms with van der Waals surface area (Å²) in [5.41, 5.74) is 1.97. The van der Waals surface area contributed by atoms with E-state index in [1.807, 2.05) is 30.3 Å². The number of fused-ring (bicyclic) bond motifs is 1. The largest absolute Gasteiger partial charge is 0.457 e. The van der Waals surface area contributed by atoms with Crippen molar-refractivity contribution in [2.75, 3.05) is 0 Å². The Labute approximate surface area is 175 Å². The molecule has 0 bridgehead atoms. The molecule has 0 saturated heterocycles. The molecule has 0 amide bonds. The molecular formula is C22H16FN5O3. The molecule has 0 aliphatic heterocycles. The summed E-state index contributed by atoms with van der Waals surface area (Å²) >= 11 is 0. The quantitative estimate of drug-likeness (QED) is 0.432. The van der Waals surface area contributed by atoms with Crippen molar-refractivity contribution >= 4 is 5.65 Å². The Hall–Kier alpha value is -4.27. The lowest BCUT2D eigenvalue weighted by Gasteiger charge is -2.07. The predicted octanol–water partition coefficient (Wildman–Crippen LogP) is 3.83. The summed E-state index contributed by atoms with van der Waals surface area (Å²) in [6.07, 6.45) is 1.73. The van der Waals surface area contributed by atoms with Crippen molar-refractivity contribution in [2.45, 2.75) is 13.5 Å². The predicted molar refractivity (Wildman–Crippen MR) is 109 cm³/mol. The average molecular weight is 417 g/mol. The summed E-state index contributed by atoms with van der Waals surface area (Å²) in [5.74, 6) is 1.67. The molecule has 0 aliphatic rings. The Morgan fingerprint density at radius 1 is 0.968 bits per heavy atom. The van der Waals surface area contributed by atoms with Gasteiger partial charge < -0.3 is 9.26 Å². The molecule has 31 heavy (non-hydrogen) atoms. The number of aromatic nitrogens is 5. The monoisotopic (exact) mass is 417 g/mol. The van der Waals surface area contributed by atoms with E-state index in [4.69, 9.17) is 9.26 Å². The van der Waals surface area contributed by atoms with Crippen LogP contribution in [-0.2, 0) is 6.54 Å². The Balaban J connectivity index is 1.40. The van der Waals surface area contributed by atoms with Crippen LogP contribution in [0.1, 0.15) is 11.7 Å². The highest BCUT2D eigenvalue weighted by Crippen LogP contribution is 2.26. The van der Waals surface area contributed by atoms with Crippen LogP contribution < -0.4 is 10.4 Å². The standard InChI is InChI=1S/C22H16FN5O3/c1-14-24-20(26-31-14)13-28-22(29)27-12-16(4-11-21(27)25-28)15-2-7-18(8-3-15)30-19-9-5-17(23)6-10-19/h2-12H,13H2,1H3. The van der Waals surface area contributed by atoms with E-state index in [0.717, 1.165) is 11.1 Å². The number of pyridine rings is 1. The Bertz CT molecular complexity index is 1420. The van der Waals surface area contributed by atoms with E-state index >= 15 is 0 Å². The molecule has 154 valence electrons. The van der Waals surface area contributed by atoms with Gasteiger partial charge in [0.1, 0.15) is 23.9 Å². The van der Waals surface area contributed by atoms with E-state index in [9.17, 15) is 9.18 Å². The maximum Gasteiger partial charge on any atom is 0.350 e. The Morgan fingerprint density at radius 3 is 2.32 bits per heavy atom. The zero-order valence-electron chi connectivity index (χ0n) is 16.4. The third-order valence-electron chi connectivity index (χ3n) is 4.67. The van der Waals surface area contributed by atoms with Gasteiger partial charge in [-0.25, -0.2) is 18.3 Å². The molecule has 0 unspecified atom stereocenters. The molecule has 0 atom stereocenters. The van der Waals surface area contributed by atoms with Crippen molar-refractivity contribution in [1.29, 1.82) is 0 Å². The van der Waals surface area contributed by atoms with Gasteiger partial charge in [-0.3, -0.25) is 0 Å². The fraction of sp³-hybridized carbons (Fsp3) is 0.0909. The van der Waals surface area contributed by atoms with Gasteiger partial charge in [0.2, 0.25) is 5.89 Å². The van der Waals surface area contributed by atoms with Crippen molar-refractivity contribution in [3.05, 3.63) is 94.9 Å². The number of rotatable bonds is 5. The van der Waals surface area contributed by atoms with Crippen LogP contribution >= 0.6 is 0 Å². The number of hydrogen-bond acceptors (Lipinski definition) is 6. The first kappa shape index (κ1) is 18.7. The maximum absolute atomic E-state index is 13.0. The van der Waals surface area contributed by atoms with Crippen LogP contribution in [0.15, 0.2) is 76.2 Å². The van der Waals surface area contributed by atoms with Crippen molar-refractivity contribution in [1.82, 2.24) is 24.3 Å². The minimum Gasteiger partial charge on any atom is -0.457 e. The summed E-state index contributed by atoms with van der Waals surface area (Å²) in [6, 6.07) is 16.9. The summed E-state index contributed by atoms with van der Waals surface area (Å²) in [7, 11) is 0. The highest BCUT2D eigenvalue weighted by Gasteiger charge is 2.12. The van der Waals surface area contributed by atoms with Crippen molar-refractivity contribution in [2.24, 2.45) is 0 Å². The van der Waals surface area contributed by atoms with Crippen LogP contribution in [0.25, 0.3) is 16.8 Å². The second-order valence-electron chi connectivity index (χ2n) is 6.90. The molecule has 0 N–H and O–H groups in total. The maximum atomic E-state index is 13.0. The third-order valence-corrected chi connectivity index (χ3v) is 4.67. The van der Waals surface area contributed by atoms with Gasteiger partial charge in [0.15, 0.2) is 11.5 Å². The summed E-state index contributed by atoms with van der Waals surface area (Å²) in [6.45, 7) is 1.81. The molecule has 5 aromatic rings. The van der Waals surface area contributed by atoms with E-state index in [1.165, 1.54) is 21.2 Å². The SMILES string of the molecule is Cc1nc(Cn2nc3ccc(-c4ccc(Oc5ccc(F)cc5)cc4)cn3c2=O)no1. The van der Waals surface area contributed by atoms with Crippen LogP contribution in [0.5, 0.6) is 11.5 Å². The molecular weight excluding hydrogens is 401 g/mol. The summed E-state index contributed by atoms with van der Waals surface area (Å²) in [4.78, 5) is 16.8. The van der Waals surface area contributed by atoms with Crippen molar-refractivity contribution < 1.29 is 13.7 Å². The minimum absolute atomic E-state index is 0.128. The van der Waals surface area contributed by atoms with Crippen molar-refractivity contribution in [3.63, 3.8) is 0 Å². The van der Waals surface area contributed by atoms with E-state index < -0.39 is 0 Å². The van der Waals surface area contributed by atoms with Gasteiger partial charge in [0.25, 0.3) is 0 Å². The number of halogens is 1. The molecule has 0 spiro atoms. The zero-order chi connectivity index (χ0) is 21.4. The lowest BCUT2D eigenvalue weighted by atomic mass is 10.1. The normalized spacial score (nSPS) is 11.2. The molecule has 3 heterocycles. The smallest absolute Gasteiger partial charge is 0.350 e. The number of aryl methyl sites for hydroxylation is 1. The molecule has 2 aromatic carbocycles. The fourth-order valence-corrected chi connectivity index (χ4v) is 3.19. The van der Waals surface area contributed by atoms with Gasteiger partial charge in [0, 0.05) is 13.1 Å². The van der Waals surface area contributed by atoms with Gasteiger partial charge >= 0.3 is 5.69 Å². The van der Waals surface area contributed by atoms with Gasteiger partial charge in [-0.05, 0) is 59.7 Å². The number of ether oxygens (including phenoxy) is 1. The summed E-state index contributed by atoms with van der Waals surface area (Å²) < 4.78 is 26.5. The van der Waals surface area contributed by atoms with Crippen LogP contribution in [-0.4, -0.2) is 24.3 Å². The second-order valence-corrected chi connectivity index (χ2v) is 6.90. The topological polar surface area (TPSA) is 87.5 Å². The van der Waals surface area contributed by atoms with Crippen molar-refractivity contribution in [3.8, 4) is 22.6 Å². The minimum atomic E-state index is -0.316. The molecule has 0 aliphatic carbocycles. The molecule has 0 fully saturated rings. The van der Waals surface area contributed by atoms with E-state index in [2.05, 4.69) is 15.2 Å². The van der Waals surface area contributed by atoms with E-state index in [-0.39, 0.29) is 18.1 Å². The Morgan fingerprint density at radius 2 is 1.65 bits per heavy atom. The first-order chi connectivity index (χ1) is 15.0. The van der Waals surface area contributed by atoms with Gasteiger partial charge in [-0.15, -0.1) is 5.10 Å². The van der Waals surface area contributed by atoms with Crippen LogP contribution in [0.3, 0.4) is 0 Å². The van der Waals surface area contributed by atoms with E-state index in [1.54, 1.807) is 31.3 Å². The molecule has 0 saturated carbocycles. The van der Waals surface area contributed by atoms with Gasteiger partial charge in [-0.2, -0.15) is 4.98 Å². The molecule has 0 radical (unpaired) electrons.